The standard InChI is InChI=1S/C12H22O/c1-3-4-5-6-7-8-9-10-11-12(2)13/h12-13H,3-9H2,1-2H3/t12-/m0/s1. The molecular weight excluding hydrogens is 160 g/mol. The molecule has 0 spiro atoms. The predicted octanol–water partition coefficient (Wildman–Crippen LogP) is 3.12. The molecule has 0 amide bonds. The van der Waals surface area contributed by atoms with Gasteiger partial charge in [-0.15, -0.1) is 5.92 Å². The first kappa shape index (κ1) is 12.5. The zero-order chi connectivity index (χ0) is 9.94. The van der Waals surface area contributed by atoms with E-state index in [0.717, 1.165) is 6.42 Å². The van der Waals surface area contributed by atoms with Gasteiger partial charge in [-0.25, -0.2) is 0 Å². The Morgan fingerprint density at radius 3 is 2.31 bits per heavy atom. The van der Waals surface area contributed by atoms with Crippen LogP contribution in [-0.2, 0) is 0 Å². The first-order chi connectivity index (χ1) is 6.27. The van der Waals surface area contributed by atoms with Crippen molar-refractivity contribution >= 4 is 0 Å². The Morgan fingerprint density at radius 2 is 1.69 bits per heavy atom. The van der Waals surface area contributed by atoms with Gasteiger partial charge in [0.1, 0.15) is 6.10 Å². The third kappa shape index (κ3) is 11.5. The van der Waals surface area contributed by atoms with Crippen LogP contribution in [0.2, 0.25) is 0 Å². The Morgan fingerprint density at radius 1 is 1.08 bits per heavy atom. The molecule has 0 heterocycles. The molecule has 0 aliphatic heterocycles. The lowest BCUT2D eigenvalue weighted by atomic mass is 10.1. The molecule has 0 aromatic rings. The third-order valence-corrected chi connectivity index (χ3v) is 1.97. The van der Waals surface area contributed by atoms with Gasteiger partial charge in [0.25, 0.3) is 0 Å². The van der Waals surface area contributed by atoms with Crippen molar-refractivity contribution in [3.05, 3.63) is 0 Å². The first-order valence-electron chi connectivity index (χ1n) is 5.43. The van der Waals surface area contributed by atoms with Gasteiger partial charge in [-0.3, -0.25) is 0 Å². The second-order valence-corrected chi connectivity index (χ2v) is 3.51. The number of hydrogen-bond acceptors (Lipinski definition) is 1. The molecule has 0 aliphatic carbocycles. The van der Waals surface area contributed by atoms with Crippen LogP contribution in [-0.4, -0.2) is 11.2 Å². The first-order valence-corrected chi connectivity index (χ1v) is 5.43. The van der Waals surface area contributed by atoms with Gasteiger partial charge in [-0.2, -0.15) is 0 Å². The largest absolute Gasteiger partial charge is 0.381 e. The van der Waals surface area contributed by atoms with E-state index < -0.39 is 6.10 Å². The summed E-state index contributed by atoms with van der Waals surface area (Å²) in [6, 6.07) is 0. The van der Waals surface area contributed by atoms with Gasteiger partial charge in [0.2, 0.25) is 0 Å². The maximum Gasteiger partial charge on any atom is 0.111 e. The summed E-state index contributed by atoms with van der Waals surface area (Å²) in [5, 5.41) is 8.85. The predicted molar refractivity (Wildman–Crippen MR) is 57.4 cm³/mol. The van der Waals surface area contributed by atoms with Gasteiger partial charge in [0.15, 0.2) is 0 Å². The van der Waals surface area contributed by atoms with Crippen molar-refractivity contribution in [2.24, 2.45) is 0 Å². The molecule has 1 nitrogen and oxygen atoms in total. The lowest BCUT2D eigenvalue weighted by molar-refractivity contribution is 0.253. The second kappa shape index (κ2) is 9.61. The lowest BCUT2D eigenvalue weighted by Gasteiger charge is -1.96. The van der Waals surface area contributed by atoms with Crippen LogP contribution in [0.3, 0.4) is 0 Å². The van der Waals surface area contributed by atoms with E-state index in [1.165, 1.54) is 38.5 Å². The maximum atomic E-state index is 8.85. The highest BCUT2D eigenvalue weighted by atomic mass is 16.3. The molecule has 0 bridgehead atoms. The quantitative estimate of drug-likeness (QED) is 0.494. The minimum atomic E-state index is -0.458. The average molecular weight is 182 g/mol. The monoisotopic (exact) mass is 182 g/mol. The molecular formula is C12H22O. The van der Waals surface area contributed by atoms with Gasteiger partial charge < -0.3 is 5.11 Å². The minimum absolute atomic E-state index is 0.458. The van der Waals surface area contributed by atoms with Crippen molar-refractivity contribution in [2.75, 3.05) is 0 Å². The van der Waals surface area contributed by atoms with E-state index in [0.29, 0.717) is 0 Å². The highest BCUT2D eigenvalue weighted by Crippen LogP contribution is 2.05. The number of unbranched alkanes of at least 4 members (excludes halogenated alkanes) is 6. The van der Waals surface area contributed by atoms with E-state index >= 15 is 0 Å². The van der Waals surface area contributed by atoms with E-state index in [1.54, 1.807) is 6.92 Å². The van der Waals surface area contributed by atoms with Crippen molar-refractivity contribution in [2.45, 2.75) is 64.9 Å². The number of hydrogen-bond donors (Lipinski definition) is 1. The fourth-order valence-corrected chi connectivity index (χ4v) is 1.21. The molecule has 0 saturated heterocycles. The Kier molecular flexibility index (Phi) is 9.25. The number of aliphatic hydroxyl groups is 1. The van der Waals surface area contributed by atoms with Gasteiger partial charge in [0.05, 0.1) is 0 Å². The van der Waals surface area contributed by atoms with Crippen LogP contribution in [0.25, 0.3) is 0 Å². The molecule has 1 atom stereocenters. The molecule has 1 heteroatoms. The third-order valence-electron chi connectivity index (χ3n) is 1.97. The molecule has 0 aromatic heterocycles. The van der Waals surface area contributed by atoms with Crippen LogP contribution in [0.4, 0.5) is 0 Å². The molecule has 13 heavy (non-hydrogen) atoms. The highest BCUT2D eigenvalue weighted by molar-refractivity contribution is 5.02. The van der Waals surface area contributed by atoms with Gasteiger partial charge in [0, 0.05) is 6.42 Å². The molecule has 76 valence electrons. The number of rotatable bonds is 6. The van der Waals surface area contributed by atoms with Gasteiger partial charge >= 0.3 is 0 Å². The summed E-state index contributed by atoms with van der Waals surface area (Å²) in [7, 11) is 0. The molecule has 0 unspecified atom stereocenters. The smallest absolute Gasteiger partial charge is 0.111 e. The Hall–Kier alpha value is -0.480. The van der Waals surface area contributed by atoms with Crippen molar-refractivity contribution in [3.8, 4) is 11.8 Å². The minimum Gasteiger partial charge on any atom is -0.381 e. The molecule has 1 N–H and O–H groups in total. The van der Waals surface area contributed by atoms with Crippen molar-refractivity contribution in [1.82, 2.24) is 0 Å². The zero-order valence-electron chi connectivity index (χ0n) is 8.97. The second-order valence-electron chi connectivity index (χ2n) is 3.51. The maximum absolute atomic E-state index is 8.85. The SMILES string of the molecule is CCCCCCCCC#C[C@H](C)O. The zero-order valence-corrected chi connectivity index (χ0v) is 8.97. The Bertz CT molecular complexity index is 150. The molecule has 0 aromatic carbocycles. The average Bonchev–Trinajstić information content (AvgIpc) is 2.09. The van der Waals surface area contributed by atoms with E-state index in [2.05, 4.69) is 18.8 Å². The Labute approximate surface area is 82.5 Å². The molecule has 0 fully saturated rings. The summed E-state index contributed by atoms with van der Waals surface area (Å²) in [6.45, 7) is 3.93. The fourth-order valence-electron chi connectivity index (χ4n) is 1.21. The van der Waals surface area contributed by atoms with E-state index in [1.807, 2.05) is 0 Å². The summed E-state index contributed by atoms with van der Waals surface area (Å²) < 4.78 is 0. The summed E-state index contributed by atoms with van der Waals surface area (Å²) in [6.07, 6.45) is 8.32. The summed E-state index contributed by atoms with van der Waals surface area (Å²) in [5.41, 5.74) is 0. The van der Waals surface area contributed by atoms with Crippen LogP contribution >= 0.6 is 0 Å². The van der Waals surface area contributed by atoms with Crippen LogP contribution in [0.5, 0.6) is 0 Å². The van der Waals surface area contributed by atoms with E-state index in [-0.39, 0.29) is 0 Å². The van der Waals surface area contributed by atoms with E-state index in [9.17, 15) is 0 Å². The highest BCUT2D eigenvalue weighted by Gasteiger charge is 1.88. The van der Waals surface area contributed by atoms with Crippen molar-refractivity contribution < 1.29 is 5.11 Å². The Balaban J connectivity index is 3.05. The summed E-state index contributed by atoms with van der Waals surface area (Å²) in [5.74, 6) is 5.73. The van der Waals surface area contributed by atoms with Crippen LogP contribution in [0.15, 0.2) is 0 Å². The van der Waals surface area contributed by atoms with Gasteiger partial charge in [-0.05, 0) is 13.3 Å². The normalized spacial score (nSPS) is 11.9. The molecule has 0 aliphatic rings. The van der Waals surface area contributed by atoms with E-state index in [4.69, 9.17) is 5.11 Å². The van der Waals surface area contributed by atoms with Gasteiger partial charge in [-0.1, -0.05) is 44.9 Å². The number of aliphatic hydroxyl groups excluding tert-OH is 1. The topological polar surface area (TPSA) is 20.2 Å². The molecule has 0 rings (SSSR count). The molecule has 0 saturated carbocycles. The van der Waals surface area contributed by atoms with Crippen molar-refractivity contribution in [1.29, 1.82) is 0 Å². The summed E-state index contributed by atoms with van der Waals surface area (Å²) in [4.78, 5) is 0. The van der Waals surface area contributed by atoms with Crippen LogP contribution in [0.1, 0.15) is 58.8 Å². The molecule has 0 radical (unpaired) electrons. The van der Waals surface area contributed by atoms with Crippen LogP contribution < -0.4 is 0 Å². The summed E-state index contributed by atoms with van der Waals surface area (Å²) >= 11 is 0. The van der Waals surface area contributed by atoms with Crippen LogP contribution in [0, 0.1) is 11.8 Å². The fraction of sp³-hybridized carbons (Fsp3) is 0.833. The van der Waals surface area contributed by atoms with Crippen molar-refractivity contribution in [3.63, 3.8) is 0 Å². The lowest BCUT2D eigenvalue weighted by Crippen LogP contribution is -1.92.